The number of guanidine groups is 1. The lowest BCUT2D eigenvalue weighted by molar-refractivity contribution is -0.0832. The van der Waals surface area contributed by atoms with E-state index in [1.165, 1.54) is 0 Å². The number of ether oxygens (including phenoxy) is 2. The van der Waals surface area contributed by atoms with Gasteiger partial charge in [-0.3, -0.25) is 4.99 Å². The molecule has 0 amide bonds. The summed E-state index contributed by atoms with van der Waals surface area (Å²) in [7, 11) is 0. The van der Waals surface area contributed by atoms with Gasteiger partial charge in [0, 0.05) is 13.1 Å². The van der Waals surface area contributed by atoms with E-state index in [0.29, 0.717) is 32.9 Å². The largest absolute Gasteiger partial charge is 0.376 e. The summed E-state index contributed by atoms with van der Waals surface area (Å²) < 4.78 is 10.8. The number of hydrogen-bond acceptors (Lipinski definition) is 3. The number of nitrogens with zero attached hydrogens (tertiary/aromatic N) is 1. The summed E-state index contributed by atoms with van der Waals surface area (Å²) in [5.74, 6) is 0.788. The van der Waals surface area contributed by atoms with E-state index in [1.54, 1.807) is 6.08 Å². The lowest BCUT2D eigenvalue weighted by Crippen LogP contribution is -2.39. The molecule has 0 aliphatic carbocycles. The van der Waals surface area contributed by atoms with Crippen LogP contribution in [-0.2, 0) is 9.47 Å². The molecule has 1 rings (SSSR count). The molecule has 16 heavy (non-hydrogen) atoms. The van der Waals surface area contributed by atoms with E-state index in [0.717, 1.165) is 12.5 Å². The quantitative estimate of drug-likeness (QED) is 0.398. The van der Waals surface area contributed by atoms with Crippen LogP contribution in [0, 0.1) is 0 Å². The van der Waals surface area contributed by atoms with E-state index in [9.17, 15) is 0 Å². The molecule has 1 heterocycles. The predicted octanol–water partition coefficient (Wildman–Crippen LogP) is 0.143. The highest BCUT2D eigenvalue weighted by molar-refractivity contribution is 5.79. The van der Waals surface area contributed by atoms with Crippen LogP contribution in [0.25, 0.3) is 0 Å². The molecular weight excluding hydrogens is 206 g/mol. The van der Waals surface area contributed by atoms with Crippen molar-refractivity contribution in [3.63, 3.8) is 0 Å². The molecule has 0 bridgehead atoms. The highest BCUT2D eigenvalue weighted by Gasteiger charge is 2.13. The third kappa shape index (κ3) is 5.14. The molecule has 0 aromatic rings. The predicted molar refractivity (Wildman–Crippen MR) is 64.7 cm³/mol. The van der Waals surface area contributed by atoms with Gasteiger partial charge in [0.15, 0.2) is 5.96 Å². The van der Waals surface area contributed by atoms with Gasteiger partial charge in [-0.25, -0.2) is 0 Å². The first-order valence-electron chi connectivity index (χ1n) is 5.69. The van der Waals surface area contributed by atoms with Crippen molar-refractivity contribution < 1.29 is 9.47 Å². The minimum atomic E-state index is 0.0768. The number of aliphatic imine (C=N–C) groups is 1. The summed E-state index contributed by atoms with van der Waals surface area (Å²) in [4.78, 5) is 4.42. The average molecular weight is 227 g/mol. The molecular formula is C11H21N3O2. The smallest absolute Gasteiger partial charge is 0.191 e. The normalized spacial score (nSPS) is 21.6. The van der Waals surface area contributed by atoms with Gasteiger partial charge in [-0.1, -0.05) is 6.08 Å². The average Bonchev–Trinajstić information content (AvgIpc) is 2.34. The minimum absolute atomic E-state index is 0.0768. The van der Waals surface area contributed by atoms with E-state index >= 15 is 0 Å². The molecule has 1 unspecified atom stereocenters. The van der Waals surface area contributed by atoms with Crippen molar-refractivity contribution in [1.29, 1.82) is 0 Å². The van der Waals surface area contributed by atoms with Crippen molar-refractivity contribution in [2.24, 2.45) is 4.99 Å². The van der Waals surface area contributed by atoms with Crippen LogP contribution >= 0.6 is 0 Å². The number of hydrogen-bond donors (Lipinski definition) is 2. The first kappa shape index (κ1) is 13.0. The van der Waals surface area contributed by atoms with Crippen LogP contribution < -0.4 is 10.6 Å². The maximum absolute atomic E-state index is 5.50. The molecule has 0 spiro atoms. The van der Waals surface area contributed by atoms with Crippen molar-refractivity contribution in [2.75, 3.05) is 39.5 Å². The minimum Gasteiger partial charge on any atom is -0.376 e. The Labute approximate surface area is 96.9 Å². The second-order valence-corrected chi connectivity index (χ2v) is 3.46. The Morgan fingerprint density at radius 3 is 3.00 bits per heavy atom. The van der Waals surface area contributed by atoms with E-state index in [4.69, 9.17) is 9.47 Å². The van der Waals surface area contributed by atoms with Crippen molar-refractivity contribution in [3.8, 4) is 0 Å². The lowest BCUT2D eigenvalue weighted by Gasteiger charge is -2.21. The summed E-state index contributed by atoms with van der Waals surface area (Å²) in [6.45, 7) is 9.83. The second-order valence-electron chi connectivity index (χ2n) is 3.46. The molecule has 0 saturated carbocycles. The summed E-state index contributed by atoms with van der Waals surface area (Å²) >= 11 is 0. The Balaban J connectivity index is 2.32. The monoisotopic (exact) mass is 227 g/mol. The van der Waals surface area contributed by atoms with Crippen molar-refractivity contribution in [1.82, 2.24) is 10.6 Å². The zero-order valence-corrected chi connectivity index (χ0v) is 9.87. The van der Waals surface area contributed by atoms with Gasteiger partial charge >= 0.3 is 0 Å². The standard InChI is InChI=1S/C11H21N3O2/c1-3-5-13-11(12-4-2)14-8-10-9-15-6-7-16-10/h3,10H,1,4-9H2,2H3,(H2,12,13,14). The van der Waals surface area contributed by atoms with Gasteiger partial charge in [0.25, 0.3) is 0 Å². The van der Waals surface area contributed by atoms with Gasteiger partial charge in [0.2, 0.25) is 0 Å². The van der Waals surface area contributed by atoms with Crippen LogP contribution in [0.4, 0.5) is 0 Å². The fourth-order valence-electron chi connectivity index (χ4n) is 1.35. The highest BCUT2D eigenvalue weighted by Crippen LogP contribution is 2.00. The maximum Gasteiger partial charge on any atom is 0.191 e. The van der Waals surface area contributed by atoms with Gasteiger partial charge < -0.3 is 20.1 Å². The fraction of sp³-hybridized carbons (Fsp3) is 0.727. The van der Waals surface area contributed by atoms with Crippen LogP contribution in [0.1, 0.15) is 6.92 Å². The summed E-state index contributed by atoms with van der Waals surface area (Å²) in [6.07, 6.45) is 1.88. The highest BCUT2D eigenvalue weighted by atomic mass is 16.6. The Bertz CT molecular complexity index is 225. The van der Waals surface area contributed by atoms with Gasteiger partial charge in [-0.05, 0) is 6.92 Å². The fourth-order valence-corrected chi connectivity index (χ4v) is 1.35. The molecule has 2 N–H and O–H groups in total. The second kappa shape index (κ2) is 8.13. The molecule has 1 saturated heterocycles. The molecule has 92 valence electrons. The van der Waals surface area contributed by atoms with Gasteiger partial charge in [0.05, 0.1) is 26.4 Å². The topological polar surface area (TPSA) is 54.9 Å². The SMILES string of the molecule is C=CCNC(=NCC1COCCO1)NCC. The molecule has 1 aliphatic rings. The Morgan fingerprint density at radius 2 is 2.38 bits per heavy atom. The molecule has 1 atom stereocenters. The Morgan fingerprint density at radius 1 is 1.50 bits per heavy atom. The Hall–Kier alpha value is -1.07. The molecule has 1 aliphatic heterocycles. The van der Waals surface area contributed by atoms with Crippen LogP contribution in [0.2, 0.25) is 0 Å². The molecule has 5 heteroatoms. The van der Waals surface area contributed by atoms with Crippen LogP contribution in [-0.4, -0.2) is 51.5 Å². The van der Waals surface area contributed by atoms with Crippen molar-refractivity contribution >= 4 is 5.96 Å². The first-order chi connectivity index (χ1) is 7.86. The molecule has 0 aromatic carbocycles. The summed E-state index contributed by atoms with van der Waals surface area (Å²) in [5, 5.41) is 6.29. The van der Waals surface area contributed by atoms with Crippen LogP contribution in [0.15, 0.2) is 17.6 Å². The van der Waals surface area contributed by atoms with Gasteiger partial charge in [-0.2, -0.15) is 0 Å². The lowest BCUT2D eigenvalue weighted by atomic mass is 10.3. The first-order valence-corrected chi connectivity index (χ1v) is 5.69. The number of nitrogens with one attached hydrogen (secondary N) is 2. The molecule has 5 nitrogen and oxygen atoms in total. The van der Waals surface area contributed by atoms with Crippen molar-refractivity contribution in [3.05, 3.63) is 12.7 Å². The number of rotatable bonds is 5. The van der Waals surface area contributed by atoms with Gasteiger partial charge in [0.1, 0.15) is 6.10 Å². The Kier molecular flexibility index (Phi) is 6.60. The third-order valence-electron chi connectivity index (χ3n) is 2.10. The van der Waals surface area contributed by atoms with Gasteiger partial charge in [-0.15, -0.1) is 6.58 Å². The molecule has 0 radical (unpaired) electrons. The molecule has 1 fully saturated rings. The zero-order valence-electron chi connectivity index (χ0n) is 9.87. The van der Waals surface area contributed by atoms with E-state index < -0.39 is 0 Å². The van der Waals surface area contributed by atoms with Crippen LogP contribution in [0.3, 0.4) is 0 Å². The van der Waals surface area contributed by atoms with E-state index in [1.807, 2.05) is 6.92 Å². The third-order valence-corrected chi connectivity index (χ3v) is 2.10. The summed E-state index contributed by atoms with van der Waals surface area (Å²) in [5.41, 5.74) is 0. The van der Waals surface area contributed by atoms with Crippen LogP contribution in [0.5, 0.6) is 0 Å². The summed E-state index contributed by atoms with van der Waals surface area (Å²) in [6, 6.07) is 0. The van der Waals surface area contributed by atoms with E-state index in [-0.39, 0.29) is 6.10 Å². The zero-order chi connectivity index (χ0) is 11.6. The van der Waals surface area contributed by atoms with E-state index in [2.05, 4.69) is 22.2 Å². The maximum atomic E-state index is 5.50. The van der Waals surface area contributed by atoms with Crippen molar-refractivity contribution in [2.45, 2.75) is 13.0 Å². The molecule has 0 aromatic heterocycles.